The number of nitrogens with zero attached hydrogens (tertiary/aromatic N) is 2. The molecular formula is C9H7F2N3. The maximum Gasteiger partial charge on any atom is 0.279 e. The molecule has 1 aliphatic rings. The van der Waals surface area contributed by atoms with Crippen molar-refractivity contribution in [3.05, 3.63) is 22.5 Å². The van der Waals surface area contributed by atoms with Gasteiger partial charge in [-0.25, -0.2) is 8.78 Å². The Labute approximate surface area is 79.9 Å². The van der Waals surface area contributed by atoms with Gasteiger partial charge < -0.3 is 5.32 Å². The zero-order chi connectivity index (χ0) is 10.7. The first kappa shape index (κ1) is 10.2. The van der Waals surface area contributed by atoms with E-state index in [-0.39, 0.29) is 17.7 Å². The monoisotopic (exact) mass is 195 g/mol. The van der Waals surface area contributed by atoms with Gasteiger partial charge in [0.2, 0.25) is 0 Å². The molecule has 0 aromatic heterocycles. The standard InChI is InChI=1S/C9H7F2N3/c1-5-6(3-12)2-7(4-13)8(14-5)9(10)11/h9,14H,2H2,1H3. The lowest BCUT2D eigenvalue weighted by Gasteiger charge is -2.19. The molecule has 0 aromatic rings. The summed E-state index contributed by atoms with van der Waals surface area (Å²) < 4.78 is 24.8. The summed E-state index contributed by atoms with van der Waals surface area (Å²) in [7, 11) is 0. The molecule has 72 valence electrons. The lowest BCUT2D eigenvalue weighted by atomic mass is 10.00. The van der Waals surface area contributed by atoms with Gasteiger partial charge in [-0.05, 0) is 6.92 Å². The Morgan fingerprint density at radius 3 is 2.29 bits per heavy atom. The summed E-state index contributed by atoms with van der Waals surface area (Å²) in [6.07, 6.45) is -2.72. The van der Waals surface area contributed by atoms with Gasteiger partial charge in [-0.15, -0.1) is 0 Å². The Bertz CT molecular complexity index is 393. The summed E-state index contributed by atoms with van der Waals surface area (Å²) in [5.74, 6) is 0. The van der Waals surface area contributed by atoms with Gasteiger partial charge in [0.1, 0.15) is 0 Å². The normalized spacial score (nSPS) is 16.4. The van der Waals surface area contributed by atoms with Crippen LogP contribution < -0.4 is 5.32 Å². The average molecular weight is 195 g/mol. The number of nitrogens with one attached hydrogen (secondary N) is 1. The molecule has 0 saturated heterocycles. The molecular weight excluding hydrogens is 188 g/mol. The SMILES string of the molecule is CC1=C(C#N)CC(C#N)=C(C(F)F)N1. The van der Waals surface area contributed by atoms with Gasteiger partial charge in [-0.1, -0.05) is 0 Å². The minimum absolute atomic E-state index is 0.00843. The number of hydrogen-bond acceptors (Lipinski definition) is 3. The summed E-state index contributed by atoms with van der Waals surface area (Å²) in [5, 5.41) is 19.6. The van der Waals surface area contributed by atoms with E-state index < -0.39 is 6.43 Å². The van der Waals surface area contributed by atoms with Crippen molar-refractivity contribution in [3.8, 4) is 12.1 Å². The van der Waals surface area contributed by atoms with Crippen molar-refractivity contribution in [2.75, 3.05) is 0 Å². The van der Waals surface area contributed by atoms with E-state index in [1.54, 1.807) is 6.07 Å². The summed E-state index contributed by atoms with van der Waals surface area (Å²) in [4.78, 5) is 0. The van der Waals surface area contributed by atoms with E-state index in [4.69, 9.17) is 10.5 Å². The highest BCUT2D eigenvalue weighted by atomic mass is 19.3. The Morgan fingerprint density at radius 1 is 1.29 bits per heavy atom. The summed E-state index contributed by atoms with van der Waals surface area (Å²) in [5.41, 5.74) is 0.263. The van der Waals surface area contributed by atoms with E-state index in [0.29, 0.717) is 11.3 Å². The topological polar surface area (TPSA) is 59.6 Å². The van der Waals surface area contributed by atoms with Crippen LogP contribution >= 0.6 is 0 Å². The van der Waals surface area contributed by atoms with Crippen molar-refractivity contribution in [3.63, 3.8) is 0 Å². The molecule has 5 heteroatoms. The molecule has 0 aliphatic carbocycles. The molecule has 0 unspecified atom stereocenters. The van der Waals surface area contributed by atoms with Crippen LogP contribution in [0.1, 0.15) is 13.3 Å². The molecule has 0 saturated carbocycles. The molecule has 0 fully saturated rings. The fourth-order valence-electron chi connectivity index (χ4n) is 1.17. The molecule has 0 spiro atoms. The number of nitriles is 2. The van der Waals surface area contributed by atoms with Gasteiger partial charge in [0.05, 0.1) is 29.0 Å². The lowest BCUT2D eigenvalue weighted by Crippen LogP contribution is -2.24. The second kappa shape index (κ2) is 3.89. The van der Waals surface area contributed by atoms with Gasteiger partial charge in [0.25, 0.3) is 6.43 Å². The zero-order valence-electron chi connectivity index (χ0n) is 7.43. The quantitative estimate of drug-likeness (QED) is 0.694. The van der Waals surface area contributed by atoms with Crippen LogP contribution in [0.4, 0.5) is 8.78 Å². The third-order valence-corrected chi connectivity index (χ3v) is 1.94. The number of rotatable bonds is 1. The maximum absolute atomic E-state index is 12.4. The number of halogens is 2. The molecule has 1 heterocycles. The maximum atomic E-state index is 12.4. The van der Waals surface area contributed by atoms with Crippen LogP contribution in [-0.4, -0.2) is 6.43 Å². The van der Waals surface area contributed by atoms with Gasteiger partial charge >= 0.3 is 0 Å². The molecule has 0 bridgehead atoms. The predicted octanol–water partition coefficient (Wildman–Crippen LogP) is 1.82. The van der Waals surface area contributed by atoms with E-state index >= 15 is 0 Å². The van der Waals surface area contributed by atoms with Crippen LogP contribution in [0.15, 0.2) is 22.5 Å². The summed E-state index contributed by atoms with van der Waals surface area (Å²) in [6, 6.07) is 3.54. The first-order valence-electron chi connectivity index (χ1n) is 3.88. The molecule has 3 nitrogen and oxygen atoms in total. The van der Waals surface area contributed by atoms with Crippen LogP contribution in [0.3, 0.4) is 0 Å². The highest BCUT2D eigenvalue weighted by molar-refractivity contribution is 5.44. The van der Waals surface area contributed by atoms with Crippen molar-refractivity contribution in [1.82, 2.24) is 5.32 Å². The second-order valence-corrected chi connectivity index (χ2v) is 2.82. The lowest BCUT2D eigenvalue weighted by molar-refractivity contribution is 0.180. The molecule has 1 rings (SSSR count). The Morgan fingerprint density at radius 2 is 1.86 bits per heavy atom. The highest BCUT2D eigenvalue weighted by Crippen LogP contribution is 2.24. The predicted molar refractivity (Wildman–Crippen MR) is 44.7 cm³/mol. The Hall–Kier alpha value is -1.88. The Kier molecular flexibility index (Phi) is 2.83. The second-order valence-electron chi connectivity index (χ2n) is 2.82. The van der Waals surface area contributed by atoms with Crippen LogP contribution in [0.25, 0.3) is 0 Å². The van der Waals surface area contributed by atoms with Crippen LogP contribution in [0.5, 0.6) is 0 Å². The largest absolute Gasteiger partial charge is 0.356 e. The molecule has 1 aliphatic heterocycles. The minimum Gasteiger partial charge on any atom is -0.356 e. The molecule has 0 amide bonds. The average Bonchev–Trinajstić information content (AvgIpc) is 2.17. The first-order chi connectivity index (χ1) is 6.60. The van der Waals surface area contributed by atoms with Crippen molar-refractivity contribution < 1.29 is 8.78 Å². The smallest absolute Gasteiger partial charge is 0.279 e. The van der Waals surface area contributed by atoms with Gasteiger partial charge in [0.15, 0.2) is 0 Å². The van der Waals surface area contributed by atoms with Crippen molar-refractivity contribution >= 4 is 0 Å². The van der Waals surface area contributed by atoms with Crippen molar-refractivity contribution in [2.24, 2.45) is 0 Å². The molecule has 0 aromatic carbocycles. The van der Waals surface area contributed by atoms with Gasteiger partial charge in [-0.3, -0.25) is 0 Å². The zero-order valence-corrected chi connectivity index (χ0v) is 7.43. The molecule has 14 heavy (non-hydrogen) atoms. The highest BCUT2D eigenvalue weighted by Gasteiger charge is 2.23. The van der Waals surface area contributed by atoms with Gasteiger partial charge in [-0.2, -0.15) is 10.5 Å². The molecule has 0 atom stereocenters. The number of alkyl halides is 2. The summed E-state index contributed by atoms with van der Waals surface area (Å²) >= 11 is 0. The minimum atomic E-state index is -2.71. The number of allylic oxidation sites excluding steroid dienone is 4. The van der Waals surface area contributed by atoms with E-state index in [9.17, 15) is 8.78 Å². The number of hydrogen-bond donors (Lipinski definition) is 1. The van der Waals surface area contributed by atoms with Crippen molar-refractivity contribution in [1.29, 1.82) is 10.5 Å². The van der Waals surface area contributed by atoms with E-state index in [0.717, 1.165) is 0 Å². The number of dihydropyridines is 1. The third kappa shape index (κ3) is 1.72. The van der Waals surface area contributed by atoms with Crippen molar-refractivity contribution in [2.45, 2.75) is 19.8 Å². The fourth-order valence-corrected chi connectivity index (χ4v) is 1.17. The van der Waals surface area contributed by atoms with Crippen LogP contribution in [0.2, 0.25) is 0 Å². The Balaban J connectivity index is 3.06. The van der Waals surface area contributed by atoms with Crippen LogP contribution in [0, 0.1) is 22.7 Å². The third-order valence-electron chi connectivity index (χ3n) is 1.94. The van der Waals surface area contributed by atoms with E-state index in [1.807, 2.05) is 6.07 Å². The first-order valence-corrected chi connectivity index (χ1v) is 3.88. The molecule has 1 N–H and O–H groups in total. The fraction of sp³-hybridized carbons (Fsp3) is 0.333. The summed E-state index contributed by atoms with van der Waals surface area (Å²) in [6.45, 7) is 1.54. The van der Waals surface area contributed by atoms with Crippen LogP contribution in [-0.2, 0) is 0 Å². The molecule has 0 radical (unpaired) electrons. The van der Waals surface area contributed by atoms with E-state index in [1.165, 1.54) is 6.92 Å². The van der Waals surface area contributed by atoms with E-state index in [2.05, 4.69) is 5.32 Å². The van der Waals surface area contributed by atoms with Gasteiger partial charge in [0, 0.05) is 12.1 Å².